The maximum Gasteiger partial charge on any atom is 0.410 e. The fourth-order valence-corrected chi connectivity index (χ4v) is 4.55. The molecule has 0 unspecified atom stereocenters. The van der Waals surface area contributed by atoms with E-state index < -0.39 is 0 Å². The fraction of sp³-hybridized carbons (Fsp3) is 0.625. The Labute approximate surface area is 139 Å². The maximum absolute atomic E-state index is 12.6. The lowest BCUT2D eigenvalue weighted by Gasteiger charge is -2.41. The van der Waals surface area contributed by atoms with Crippen LogP contribution in [0.1, 0.15) is 30.2 Å². The van der Waals surface area contributed by atoms with E-state index in [4.69, 9.17) is 4.74 Å². The molecule has 4 rings (SSSR count). The predicted molar refractivity (Wildman–Crippen MR) is 86.3 cm³/mol. The number of hydrogen-bond acceptors (Lipinski definition) is 5. The quantitative estimate of drug-likeness (QED) is 0.911. The molecule has 1 spiro atoms. The van der Waals surface area contributed by atoms with Crippen LogP contribution in [0.4, 0.5) is 4.79 Å². The van der Waals surface area contributed by atoms with E-state index in [0.29, 0.717) is 6.54 Å². The van der Waals surface area contributed by atoms with Crippen molar-refractivity contribution in [1.82, 2.24) is 15.1 Å². The summed E-state index contributed by atoms with van der Waals surface area (Å²) in [7, 11) is 0. The largest absolute Gasteiger partial charge is 0.441 e. The smallest absolute Gasteiger partial charge is 0.410 e. The Morgan fingerprint density at radius 1 is 1.43 bits per heavy atom. The summed E-state index contributed by atoms with van der Waals surface area (Å²) in [6, 6.07) is 4.27. The minimum atomic E-state index is -0.384. The lowest BCUT2D eigenvalue weighted by Crippen LogP contribution is -2.50. The van der Waals surface area contributed by atoms with Crippen molar-refractivity contribution in [2.45, 2.75) is 30.9 Å². The van der Waals surface area contributed by atoms with Gasteiger partial charge in [0.2, 0.25) is 5.91 Å². The average Bonchev–Trinajstić information content (AvgIpc) is 3.08. The highest BCUT2D eigenvalue weighted by Gasteiger charge is 2.47. The topological polar surface area (TPSA) is 61.9 Å². The lowest BCUT2D eigenvalue weighted by molar-refractivity contribution is -0.139. The Bertz CT molecular complexity index is 598. The van der Waals surface area contributed by atoms with Crippen LogP contribution in [0.15, 0.2) is 17.5 Å². The van der Waals surface area contributed by atoms with Crippen molar-refractivity contribution < 1.29 is 14.3 Å². The van der Waals surface area contributed by atoms with Gasteiger partial charge < -0.3 is 15.0 Å². The molecule has 2 amide bonds. The monoisotopic (exact) mass is 335 g/mol. The molecule has 0 saturated carbocycles. The average molecular weight is 335 g/mol. The van der Waals surface area contributed by atoms with Crippen molar-refractivity contribution in [1.29, 1.82) is 0 Å². The number of rotatable bonds is 3. The molecule has 23 heavy (non-hydrogen) atoms. The van der Waals surface area contributed by atoms with Gasteiger partial charge in [-0.3, -0.25) is 9.69 Å². The highest BCUT2D eigenvalue weighted by molar-refractivity contribution is 7.10. The van der Waals surface area contributed by atoms with Crippen LogP contribution in [0.2, 0.25) is 0 Å². The number of carbonyl (C=O) groups excluding carboxylic acids is 2. The summed E-state index contributed by atoms with van der Waals surface area (Å²) < 4.78 is 5.61. The highest BCUT2D eigenvalue weighted by Crippen LogP contribution is 2.36. The number of amides is 2. The molecule has 0 bridgehead atoms. The minimum absolute atomic E-state index is 0.0255. The normalized spacial score (nSPS) is 26.3. The SMILES string of the molecule is O=C1OC2(CCNCC2)CN1CC(=O)N1CC[C@@H]1c1cccs1. The highest BCUT2D eigenvalue weighted by atomic mass is 32.1. The number of nitrogens with one attached hydrogen (secondary N) is 1. The zero-order valence-electron chi connectivity index (χ0n) is 13.0. The molecule has 124 valence electrons. The van der Waals surface area contributed by atoms with Crippen molar-refractivity contribution >= 4 is 23.3 Å². The third-order valence-electron chi connectivity index (χ3n) is 5.09. The molecule has 7 heteroatoms. The molecule has 3 saturated heterocycles. The predicted octanol–water partition coefficient (Wildman–Crippen LogP) is 1.60. The standard InChI is InChI=1S/C16H21N3O3S/c20-14(19-8-3-12(19)13-2-1-9-23-13)10-18-11-16(22-15(18)21)4-6-17-7-5-16/h1-2,9,12,17H,3-8,10-11H2/t12-/m1/s1. The van der Waals surface area contributed by atoms with Crippen LogP contribution in [0, 0.1) is 0 Å². The molecule has 6 nitrogen and oxygen atoms in total. The number of likely N-dealkylation sites (tertiary alicyclic amines) is 1. The van der Waals surface area contributed by atoms with Crippen molar-refractivity contribution in [3.63, 3.8) is 0 Å². The van der Waals surface area contributed by atoms with Crippen LogP contribution < -0.4 is 5.32 Å². The lowest BCUT2D eigenvalue weighted by atomic mass is 9.92. The van der Waals surface area contributed by atoms with Gasteiger partial charge in [-0.05, 0) is 31.0 Å². The Morgan fingerprint density at radius 2 is 2.26 bits per heavy atom. The van der Waals surface area contributed by atoms with Gasteiger partial charge >= 0.3 is 6.09 Å². The van der Waals surface area contributed by atoms with Crippen LogP contribution in [-0.4, -0.2) is 60.1 Å². The molecule has 1 N–H and O–H groups in total. The van der Waals surface area contributed by atoms with E-state index >= 15 is 0 Å². The Balaban J connectivity index is 1.38. The number of carbonyl (C=O) groups is 2. The molecular weight excluding hydrogens is 314 g/mol. The molecule has 0 radical (unpaired) electrons. The molecule has 3 aliphatic heterocycles. The fourth-order valence-electron chi connectivity index (χ4n) is 3.67. The molecule has 1 aromatic rings. The van der Waals surface area contributed by atoms with E-state index in [9.17, 15) is 9.59 Å². The van der Waals surface area contributed by atoms with Crippen LogP contribution in [0.3, 0.4) is 0 Å². The first-order valence-electron chi connectivity index (χ1n) is 8.18. The maximum atomic E-state index is 12.6. The molecule has 4 heterocycles. The van der Waals surface area contributed by atoms with E-state index in [1.165, 1.54) is 4.88 Å². The molecule has 0 aromatic carbocycles. The summed E-state index contributed by atoms with van der Waals surface area (Å²) in [5, 5.41) is 5.32. The summed E-state index contributed by atoms with van der Waals surface area (Å²) >= 11 is 1.68. The van der Waals surface area contributed by atoms with E-state index in [-0.39, 0.29) is 30.2 Å². The van der Waals surface area contributed by atoms with Gasteiger partial charge in [0.25, 0.3) is 0 Å². The summed E-state index contributed by atoms with van der Waals surface area (Å²) in [4.78, 5) is 29.4. The zero-order valence-corrected chi connectivity index (χ0v) is 13.8. The third-order valence-corrected chi connectivity index (χ3v) is 6.07. The second-order valence-corrected chi connectivity index (χ2v) is 7.54. The Morgan fingerprint density at radius 3 is 2.91 bits per heavy atom. The minimum Gasteiger partial charge on any atom is -0.441 e. The van der Waals surface area contributed by atoms with E-state index in [1.807, 2.05) is 16.3 Å². The Kier molecular flexibility index (Phi) is 3.77. The van der Waals surface area contributed by atoms with Crippen molar-refractivity contribution in [3.05, 3.63) is 22.4 Å². The van der Waals surface area contributed by atoms with Gasteiger partial charge in [0.1, 0.15) is 12.1 Å². The van der Waals surface area contributed by atoms with E-state index in [1.54, 1.807) is 16.2 Å². The van der Waals surface area contributed by atoms with Crippen LogP contribution >= 0.6 is 11.3 Å². The number of nitrogens with zero attached hydrogens (tertiary/aromatic N) is 2. The number of hydrogen-bond donors (Lipinski definition) is 1. The third kappa shape index (κ3) is 2.72. The molecule has 0 aliphatic carbocycles. The molecular formula is C16H21N3O3S. The molecule has 1 aromatic heterocycles. The number of thiophene rings is 1. The van der Waals surface area contributed by atoms with Crippen LogP contribution in [0.25, 0.3) is 0 Å². The number of ether oxygens (including phenoxy) is 1. The Hall–Kier alpha value is -1.60. The van der Waals surface area contributed by atoms with Gasteiger partial charge in [0, 0.05) is 24.3 Å². The van der Waals surface area contributed by atoms with Crippen LogP contribution in [-0.2, 0) is 9.53 Å². The first-order valence-corrected chi connectivity index (χ1v) is 9.06. The van der Waals surface area contributed by atoms with Gasteiger partial charge in [0.05, 0.1) is 12.6 Å². The van der Waals surface area contributed by atoms with E-state index in [0.717, 1.165) is 38.9 Å². The summed E-state index contributed by atoms with van der Waals surface area (Å²) in [6.45, 7) is 3.18. The van der Waals surface area contributed by atoms with Gasteiger partial charge in [-0.2, -0.15) is 0 Å². The van der Waals surface area contributed by atoms with Crippen molar-refractivity contribution in [2.75, 3.05) is 32.7 Å². The zero-order chi connectivity index (χ0) is 15.9. The summed E-state index contributed by atoms with van der Waals surface area (Å²) in [5.74, 6) is 0.0255. The molecule has 3 aliphatic rings. The van der Waals surface area contributed by atoms with Gasteiger partial charge in [-0.25, -0.2) is 4.79 Å². The van der Waals surface area contributed by atoms with Crippen molar-refractivity contribution in [3.8, 4) is 0 Å². The van der Waals surface area contributed by atoms with E-state index in [2.05, 4.69) is 11.4 Å². The molecule has 1 atom stereocenters. The number of piperidine rings is 1. The van der Waals surface area contributed by atoms with Crippen molar-refractivity contribution in [2.24, 2.45) is 0 Å². The van der Waals surface area contributed by atoms with Gasteiger partial charge in [0.15, 0.2) is 0 Å². The first-order chi connectivity index (χ1) is 11.2. The van der Waals surface area contributed by atoms with Gasteiger partial charge in [-0.1, -0.05) is 6.07 Å². The molecule has 3 fully saturated rings. The summed E-state index contributed by atoms with van der Waals surface area (Å²) in [5.41, 5.74) is -0.384. The first kappa shape index (κ1) is 15.0. The second kappa shape index (κ2) is 5.79. The van der Waals surface area contributed by atoms with Gasteiger partial charge in [-0.15, -0.1) is 11.3 Å². The summed E-state index contributed by atoms with van der Waals surface area (Å²) in [6.07, 6.45) is 2.32. The van der Waals surface area contributed by atoms with Crippen LogP contribution in [0.5, 0.6) is 0 Å². The second-order valence-electron chi connectivity index (χ2n) is 6.56.